The van der Waals surface area contributed by atoms with Crippen molar-refractivity contribution in [3.63, 3.8) is 0 Å². The van der Waals surface area contributed by atoms with Crippen molar-refractivity contribution < 1.29 is 22.8 Å². The number of nitrogens with one attached hydrogen (secondary N) is 1. The average molecular weight is 515 g/mol. The standard InChI is InChI=1S/C20H14BrF3N2O2S2/c21-14-5-1-3-12(9-14)10-16-18(28)26(19(29)30-16)8-7-17(27)25-15-6-2-4-13(11-15)20(22,23)24/h1-6,9-11H,7-8H2,(H,25,27)/b16-10-. The van der Waals surface area contributed by atoms with Crippen LogP contribution in [0.5, 0.6) is 0 Å². The van der Waals surface area contributed by atoms with E-state index < -0.39 is 17.6 Å². The second kappa shape index (κ2) is 9.32. The largest absolute Gasteiger partial charge is 0.416 e. The minimum atomic E-state index is -4.50. The van der Waals surface area contributed by atoms with Gasteiger partial charge < -0.3 is 5.32 Å². The van der Waals surface area contributed by atoms with Crippen molar-refractivity contribution in [1.82, 2.24) is 4.90 Å². The van der Waals surface area contributed by atoms with E-state index in [1.807, 2.05) is 24.3 Å². The summed E-state index contributed by atoms with van der Waals surface area (Å²) in [6.07, 6.45) is -2.89. The number of halogens is 4. The van der Waals surface area contributed by atoms with Crippen molar-refractivity contribution >= 4 is 67.8 Å². The molecule has 0 aliphatic carbocycles. The summed E-state index contributed by atoms with van der Waals surface area (Å²) in [5.41, 5.74) is 0.0110. The normalized spacial score (nSPS) is 15.7. The molecule has 3 rings (SSSR count). The van der Waals surface area contributed by atoms with Crippen molar-refractivity contribution in [1.29, 1.82) is 0 Å². The summed E-state index contributed by atoms with van der Waals surface area (Å²) in [6, 6.07) is 11.8. The van der Waals surface area contributed by atoms with Crippen LogP contribution in [-0.2, 0) is 15.8 Å². The van der Waals surface area contributed by atoms with Gasteiger partial charge in [-0.05, 0) is 42.0 Å². The fraction of sp³-hybridized carbons (Fsp3) is 0.150. The number of hydrogen-bond acceptors (Lipinski definition) is 4. The molecule has 2 amide bonds. The van der Waals surface area contributed by atoms with Gasteiger partial charge in [-0.3, -0.25) is 14.5 Å². The van der Waals surface area contributed by atoms with Crippen LogP contribution in [0.25, 0.3) is 6.08 Å². The molecule has 30 heavy (non-hydrogen) atoms. The van der Waals surface area contributed by atoms with Crippen LogP contribution in [0.2, 0.25) is 0 Å². The van der Waals surface area contributed by atoms with E-state index in [9.17, 15) is 22.8 Å². The first-order chi connectivity index (χ1) is 14.1. The second-order valence-corrected chi connectivity index (χ2v) is 8.86. The van der Waals surface area contributed by atoms with Crippen molar-refractivity contribution in [3.05, 3.63) is 69.0 Å². The zero-order valence-corrected chi connectivity index (χ0v) is 18.4. The fourth-order valence-corrected chi connectivity index (χ4v) is 4.38. The van der Waals surface area contributed by atoms with Crippen LogP contribution in [0.1, 0.15) is 17.5 Å². The van der Waals surface area contributed by atoms with Crippen LogP contribution >= 0.6 is 39.9 Å². The Kier molecular flexibility index (Phi) is 6.99. The van der Waals surface area contributed by atoms with Crippen LogP contribution in [0.3, 0.4) is 0 Å². The third kappa shape index (κ3) is 5.71. The van der Waals surface area contributed by atoms with E-state index >= 15 is 0 Å². The molecule has 4 nitrogen and oxygen atoms in total. The molecular formula is C20H14BrF3N2O2S2. The Balaban J connectivity index is 1.61. The average Bonchev–Trinajstić information content (AvgIpc) is 2.92. The van der Waals surface area contributed by atoms with Gasteiger partial charge in [0.15, 0.2) is 0 Å². The third-order valence-corrected chi connectivity index (χ3v) is 5.93. The highest BCUT2D eigenvalue weighted by Gasteiger charge is 2.32. The van der Waals surface area contributed by atoms with Crippen molar-refractivity contribution in [2.24, 2.45) is 0 Å². The van der Waals surface area contributed by atoms with Crippen molar-refractivity contribution in [3.8, 4) is 0 Å². The SMILES string of the molecule is O=C(CCN1C(=O)/C(=C/c2cccc(Br)c2)SC1=S)Nc1cccc(C(F)(F)F)c1. The maximum absolute atomic E-state index is 12.8. The summed E-state index contributed by atoms with van der Waals surface area (Å²) in [5, 5.41) is 2.42. The number of nitrogens with zero attached hydrogens (tertiary/aromatic N) is 1. The first kappa shape index (κ1) is 22.5. The van der Waals surface area contributed by atoms with E-state index in [-0.39, 0.29) is 24.6 Å². The van der Waals surface area contributed by atoms with E-state index in [2.05, 4.69) is 21.2 Å². The van der Waals surface area contributed by atoms with Gasteiger partial charge in [0.1, 0.15) is 4.32 Å². The Morgan fingerprint density at radius 3 is 2.63 bits per heavy atom. The highest BCUT2D eigenvalue weighted by Crippen LogP contribution is 2.33. The van der Waals surface area contributed by atoms with Gasteiger partial charge in [0.25, 0.3) is 5.91 Å². The zero-order chi connectivity index (χ0) is 21.9. The molecular weight excluding hydrogens is 501 g/mol. The third-order valence-electron chi connectivity index (χ3n) is 4.06. The second-order valence-electron chi connectivity index (χ2n) is 6.27. The summed E-state index contributed by atoms with van der Waals surface area (Å²) in [7, 11) is 0. The molecule has 1 aliphatic rings. The number of amides is 2. The van der Waals surface area contributed by atoms with E-state index in [1.54, 1.807) is 6.08 Å². The lowest BCUT2D eigenvalue weighted by atomic mass is 10.2. The van der Waals surface area contributed by atoms with E-state index in [4.69, 9.17) is 12.2 Å². The Morgan fingerprint density at radius 2 is 1.93 bits per heavy atom. The topological polar surface area (TPSA) is 49.4 Å². The monoisotopic (exact) mass is 514 g/mol. The van der Waals surface area contributed by atoms with Gasteiger partial charge >= 0.3 is 6.18 Å². The summed E-state index contributed by atoms with van der Waals surface area (Å²) in [6.45, 7) is 0.0330. The lowest BCUT2D eigenvalue weighted by Crippen LogP contribution is -2.31. The summed E-state index contributed by atoms with van der Waals surface area (Å²) < 4.78 is 39.5. The maximum atomic E-state index is 12.8. The van der Waals surface area contributed by atoms with Gasteiger partial charge in [-0.15, -0.1) is 0 Å². The molecule has 1 saturated heterocycles. The number of thioether (sulfide) groups is 1. The van der Waals surface area contributed by atoms with E-state index in [0.717, 1.165) is 33.9 Å². The molecule has 0 saturated carbocycles. The van der Waals surface area contributed by atoms with E-state index in [1.165, 1.54) is 17.0 Å². The molecule has 156 valence electrons. The van der Waals surface area contributed by atoms with Crippen molar-refractivity contribution in [2.75, 3.05) is 11.9 Å². The molecule has 10 heteroatoms. The highest BCUT2D eigenvalue weighted by atomic mass is 79.9. The quantitative estimate of drug-likeness (QED) is 0.410. The molecule has 0 spiro atoms. The zero-order valence-electron chi connectivity index (χ0n) is 15.2. The van der Waals surface area contributed by atoms with Gasteiger partial charge in [-0.1, -0.05) is 58.1 Å². The smallest absolute Gasteiger partial charge is 0.326 e. The molecule has 2 aromatic carbocycles. The number of rotatable bonds is 5. The molecule has 0 aromatic heterocycles. The molecule has 1 N–H and O–H groups in total. The Labute approximate surface area is 188 Å². The van der Waals surface area contributed by atoms with Gasteiger partial charge in [0.2, 0.25) is 5.91 Å². The van der Waals surface area contributed by atoms with Crippen molar-refractivity contribution in [2.45, 2.75) is 12.6 Å². The maximum Gasteiger partial charge on any atom is 0.416 e. The van der Waals surface area contributed by atoms with E-state index in [0.29, 0.717) is 9.23 Å². The molecule has 1 aliphatic heterocycles. The highest BCUT2D eigenvalue weighted by molar-refractivity contribution is 9.10. The number of anilines is 1. The lowest BCUT2D eigenvalue weighted by molar-refractivity contribution is -0.137. The molecule has 0 atom stereocenters. The molecule has 0 unspecified atom stereocenters. The number of hydrogen-bond donors (Lipinski definition) is 1. The number of carbonyl (C=O) groups excluding carboxylic acids is 2. The predicted molar refractivity (Wildman–Crippen MR) is 119 cm³/mol. The van der Waals surface area contributed by atoms with Crippen LogP contribution in [0.15, 0.2) is 57.9 Å². The Morgan fingerprint density at radius 1 is 1.20 bits per heavy atom. The van der Waals surface area contributed by atoms with Crippen LogP contribution < -0.4 is 5.32 Å². The van der Waals surface area contributed by atoms with Gasteiger partial charge in [-0.2, -0.15) is 13.2 Å². The Bertz CT molecular complexity index is 1040. The number of benzene rings is 2. The van der Waals surface area contributed by atoms with Crippen LogP contribution in [0.4, 0.5) is 18.9 Å². The molecule has 2 aromatic rings. The molecule has 1 fully saturated rings. The summed E-state index contributed by atoms with van der Waals surface area (Å²) in [5.74, 6) is -0.823. The van der Waals surface area contributed by atoms with Gasteiger partial charge in [0.05, 0.1) is 10.5 Å². The number of thiocarbonyl (C=S) groups is 1. The van der Waals surface area contributed by atoms with Gasteiger partial charge in [0, 0.05) is 23.1 Å². The van der Waals surface area contributed by atoms with Crippen LogP contribution in [-0.4, -0.2) is 27.6 Å². The summed E-state index contributed by atoms with van der Waals surface area (Å²) in [4.78, 5) is 26.5. The van der Waals surface area contributed by atoms with Gasteiger partial charge in [-0.25, -0.2) is 0 Å². The predicted octanol–water partition coefficient (Wildman–Crippen LogP) is 5.70. The molecule has 1 heterocycles. The first-order valence-electron chi connectivity index (χ1n) is 8.61. The van der Waals surface area contributed by atoms with Crippen LogP contribution in [0, 0.1) is 0 Å². The summed E-state index contributed by atoms with van der Waals surface area (Å²) >= 11 is 9.75. The molecule has 0 radical (unpaired) electrons. The number of alkyl halides is 3. The lowest BCUT2D eigenvalue weighted by Gasteiger charge is -2.14. The first-order valence-corrected chi connectivity index (χ1v) is 10.6. The minimum Gasteiger partial charge on any atom is -0.326 e. The number of carbonyl (C=O) groups is 2. The minimum absolute atomic E-state index is 0.0330. The molecule has 0 bridgehead atoms. The Hall–Kier alpha value is -2.17. The fourth-order valence-electron chi connectivity index (χ4n) is 2.65.